The van der Waals surface area contributed by atoms with Gasteiger partial charge in [0.2, 0.25) is 0 Å². The maximum Gasteiger partial charge on any atom is 0.131 e. The molecule has 0 atom stereocenters. The van der Waals surface area contributed by atoms with Crippen molar-refractivity contribution in [3.05, 3.63) is 23.3 Å². The minimum absolute atomic E-state index is 0.221. The van der Waals surface area contributed by atoms with E-state index in [9.17, 15) is 4.79 Å². The first-order valence-corrected chi connectivity index (χ1v) is 5.81. The summed E-state index contributed by atoms with van der Waals surface area (Å²) in [6.45, 7) is 6.45. The van der Waals surface area contributed by atoms with E-state index in [0.29, 0.717) is 6.42 Å². The molecule has 0 saturated heterocycles. The van der Waals surface area contributed by atoms with E-state index in [2.05, 4.69) is 17.0 Å². The van der Waals surface area contributed by atoms with Crippen LogP contribution in [0.3, 0.4) is 0 Å². The molecule has 0 saturated carbocycles. The summed E-state index contributed by atoms with van der Waals surface area (Å²) < 4.78 is 5.34. The molecule has 0 amide bonds. The van der Waals surface area contributed by atoms with Crippen molar-refractivity contribution in [3.63, 3.8) is 0 Å². The van der Waals surface area contributed by atoms with Gasteiger partial charge >= 0.3 is 0 Å². The van der Waals surface area contributed by atoms with E-state index < -0.39 is 0 Å². The number of rotatable bonds is 5. The predicted molar refractivity (Wildman–Crippen MR) is 71.0 cm³/mol. The Morgan fingerprint density at radius 1 is 1.29 bits per heavy atom. The van der Waals surface area contributed by atoms with Gasteiger partial charge in [0.25, 0.3) is 0 Å². The van der Waals surface area contributed by atoms with E-state index >= 15 is 0 Å². The SMILES string of the molecule is COc1c(C)cc(N(C)CCC(C)=O)cc1C. The molecule has 0 unspecified atom stereocenters. The molecule has 1 rings (SSSR count). The number of ether oxygens (including phenoxy) is 1. The third kappa shape index (κ3) is 3.48. The lowest BCUT2D eigenvalue weighted by molar-refractivity contribution is -0.116. The highest BCUT2D eigenvalue weighted by Crippen LogP contribution is 2.28. The molecule has 0 aliphatic heterocycles. The van der Waals surface area contributed by atoms with E-state index in [-0.39, 0.29) is 5.78 Å². The van der Waals surface area contributed by atoms with Gasteiger partial charge in [-0.05, 0) is 44.0 Å². The summed E-state index contributed by atoms with van der Waals surface area (Å²) >= 11 is 0. The van der Waals surface area contributed by atoms with Crippen molar-refractivity contribution in [3.8, 4) is 5.75 Å². The second kappa shape index (κ2) is 5.71. The van der Waals surface area contributed by atoms with Crippen LogP contribution in [0.1, 0.15) is 24.5 Å². The summed E-state index contributed by atoms with van der Waals surface area (Å²) in [5.74, 6) is 1.16. The van der Waals surface area contributed by atoms with Crippen molar-refractivity contribution in [1.82, 2.24) is 0 Å². The number of ketones is 1. The largest absolute Gasteiger partial charge is 0.496 e. The van der Waals surface area contributed by atoms with Crippen LogP contribution in [0.4, 0.5) is 5.69 Å². The summed E-state index contributed by atoms with van der Waals surface area (Å²) in [5.41, 5.74) is 3.37. The normalized spacial score (nSPS) is 10.2. The Morgan fingerprint density at radius 2 is 1.82 bits per heavy atom. The molecule has 0 heterocycles. The van der Waals surface area contributed by atoms with Gasteiger partial charge < -0.3 is 9.64 Å². The first kappa shape index (κ1) is 13.6. The Labute approximate surface area is 103 Å². The Morgan fingerprint density at radius 3 is 2.24 bits per heavy atom. The molecule has 0 radical (unpaired) electrons. The van der Waals surface area contributed by atoms with Crippen LogP contribution in [0.25, 0.3) is 0 Å². The Balaban J connectivity index is 2.88. The van der Waals surface area contributed by atoms with Crippen molar-refractivity contribution in [2.75, 3.05) is 25.6 Å². The quantitative estimate of drug-likeness (QED) is 0.786. The first-order chi connectivity index (χ1) is 7.95. The highest BCUT2D eigenvalue weighted by molar-refractivity contribution is 5.76. The molecule has 0 spiro atoms. The molecule has 0 N–H and O–H groups in total. The average Bonchev–Trinajstić information content (AvgIpc) is 2.25. The fourth-order valence-electron chi connectivity index (χ4n) is 1.92. The number of carbonyl (C=O) groups is 1. The number of nitrogens with zero attached hydrogens (tertiary/aromatic N) is 1. The molecule has 0 aromatic heterocycles. The van der Waals surface area contributed by atoms with Gasteiger partial charge in [0.05, 0.1) is 7.11 Å². The molecule has 3 nitrogen and oxygen atoms in total. The molecule has 0 aliphatic rings. The van der Waals surface area contributed by atoms with E-state index in [1.165, 1.54) is 0 Å². The molecule has 17 heavy (non-hydrogen) atoms. The fraction of sp³-hybridized carbons (Fsp3) is 0.500. The third-order valence-corrected chi connectivity index (χ3v) is 2.89. The lowest BCUT2D eigenvalue weighted by Gasteiger charge is -2.21. The molecule has 1 aromatic rings. The summed E-state index contributed by atoms with van der Waals surface area (Å²) in [6, 6.07) is 4.18. The van der Waals surface area contributed by atoms with Gasteiger partial charge in [-0.2, -0.15) is 0 Å². The van der Waals surface area contributed by atoms with Gasteiger partial charge in [-0.15, -0.1) is 0 Å². The molecular formula is C14H21NO2. The van der Waals surface area contributed by atoms with Crippen LogP contribution in [0.5, 0.6) is 5.75 Å². The summed E-state index contributed by atoms with van der Waals surface area (Å²) in [6.07, 6.45) is 0.584. The maximum absolute atomic E-state index is 11.0. The van der Waals surface area contributed by atoms with Crippen molar-refractivity contribution >= 4 is 11.5 Å². The number of hydrogen-bond donors (Lipinski definition) is 0. The fourth-order valence-corrected chi connectivity index (χ4v) is 1.92. The lowest BCUT2D eigenvalue weighted by atomic mass is 10.1. The summed E-state index contributed by atoms with van der Waals surface area (Å²) in [5, 5.41) is 0. The zero-order valence-corrected chi connectivity index (χ0v) is 11.3. The van der Waals surface area contributed by atoms with Crippen molar-refractivity contribution in [1.29, 1.82) is 0 Å². The number of benzene rings is 1. The number of hydrogen-bond acceptors (Lipinski definition) is 3. The molecular weight excluding hydrogens is 214 g/mol. The van der Waals surface area contributed by atoms with Gasteiger partial charge in [-0.1, -0.05) is 0 Å². The van der Waals surface area contributed by atoms with Gasteiger partial charge in [0.15, 0.2) is 0 Å². The van der Waals surface area contributed by atoms with E-state index in [1.807, 2.05) is 20.9 Å². The van der Waals surface area contributed by atoms with Gasteiger partial charge in [-0.3, -0.25) is 4.79 Å². The van der Waals surface area contributed by atoms with E-state index in [0.717, 1.165) is 29.1 Å². The smallest absolute Gasteiger partial charge is 0.131 e. The standard InChI is InChI=1S/C14H21NO2/c1-10-8-13(9-11(2)14(10)17-5)15(4)7-6-12(3)16/h8-9H,6-7H2,1-5H3. The van der Waals surface area contributed by atoms with Gasteiger partial charge in [0.1, 0.15) is 11.5 Å². The number of anilines is 1. The van der Waals surface area contributed by atoms with Crippen molar-refractivity contribution in [2.45, 2.75) is 27.2 Å². The summed E-state index contributed by atoms with van der Waals surface area (Å²) in [7, 11) is 3.69. The minimum atomic E-state index is 0.221. The van der Waals surface area contributed by atoms with Crippen molar-refractivity contribution in [2.24, 2.45) is 0 Å². The topological polar surface area (TPSA) is 29.5 Å². The van der Waals surface area contributed by atoms with Crippen LogP contribution in [0.2, 0.25) is 0 Å². The van der Waals surface area contributed by atoms with Crippen LogP contribution in [0, 0.1) is 13.8 Å². The first-order valence-electron chi connectivity index (χ1n) is 5.81. The molecule has 94 valence electrons. The Bertz CT molecular complexity index is 390. The second-order valence-corrected chi connectivity index (χ2v) is 4.49. The lowest BCUT2D eigenvalue weighted by Crippen LogP contribution is -2.20. The molecule has 1 aromatic carbocycles. The number of Topliss-reactive ketones (excluding diaryl/α,β-unsaturated/α-hetero) is 1. The Kier molecular flexibility index (Phi) is 4.55. The molecule has 0 aliphatic carbocycles. The number of methoxy groups -OCH3 is 1. The summed E-state index contributed by atoms with van der Waals surface area (Å²) in [4.78, 5) is 13.1. The third-order valence-electron chi connectivity index (χ3n) is 2.89. The number of aryl methyl sites for hydroxylation is 2. The monoisotopic (exact) mass is 235 g/mol. The van der Waals surface area contributed by atoms with Gasteiger partial charge in [0, 0.05) is 25.7 Å². The minimum Gasteiger partial charge on any atom is -0.496 e. The van der Waals surface area contributed by atoms with Crippen LogP contribution < -0.4 is 9.64 Å². The van der Waals surface area contributed by atoms with E-state index in [1.54, 1.807) is 14.0 Å². The van der Waals surface area contributed by atoms with E-state index in [4.69, 9.17) is 4.74 Å². The highest BCUT2D eigenvalue weighted by atomic mass is 16.5. The van der Waals surface area contributed by atoms with Gasteiger partial charge in [-0.25, -0.2) is 0 Å². The zero-order chi connectivity index (χ0) is 13.0. The predicted octanol–water partition coefficient (Wildman–Crippen LogP) is 2.73. The van der Waals surface area contributed by atoms with Crippen LogP contribution in [-0.2, 0) is 4.79 Å². The molecule has 0 bridgehead atoms. The Hall–Kier alpha value is -1.51. The maximum atomic E-state index is 11.0. The van der Waals surface area contributed by atoms with Crippen LogP contribution in [0.15, 0.2) is 12.1 Å². The van der Waals surface area contributed by atoms with Crippen molar-refractivity contribution < 1.29 is 9.53 Å². The molecule has 0 fully saturated rings. The zero-order valence-electron chi connectivity index (χ0n) is 11.3. The van der Waals surface area contributed by atoms with Crippen LogP contribution in [-0.4, -0.2) is 26.5 Å². The van der Waals surface area contributed by atoms with Crippen LogP contribution >= 0.6 is 0 Å². The average molecular weight is 235 g/mol. The number of carbonyl (C=O) groups excluding carboxylic acids is 1. The molecule has 3 heteroatoms. The second-order valence-electron chi connectivity index (χ2n) is 4.49. The highest BCUT2D eigenvalue weighted by Gasteiger charge is 2.08.